The van der Waals surface area contributed by atoms with E-state index in [4.69, 9.17) is 18.0 Å². The summed E-state index contributed by atoms with van der Waals surface area (Å²) in [4.78, 5) is 17.5. The van der Waals surface area contributed by atoms with E-state index in [0.717, 1.165) is 41.6 Å². The lowest BCUT2D eigenvalue weighted by Crippen LogP contribution is -2.45. The third-order valence-electron chi connectivity index (χ3n) is 4.79. The van der Waals surface area contributed by atoms with E-state index < -0.39 is 0 Å². The third kappa shape index (κ3) is 5.11. The Balaban J connectivity index is 1.42. The number of nitrogens with two attached hydrogens (primary N) is 1. The lowest BCUT2D eigenvalue weighted by atomic mass is 10.1. The molecule has 0 saturated carbocycles. The van der Waals surface area contributed by atoms with Gasteiger partial charge in [0.2, 0.25) is 11.9 Å². The molecular formula is C20H23N7S2. The van der Waals surface area contributed by atoms with E-state index in [0.29, 0.717) is 17.5 Å². The zero-order valence-electron chi connectivity index (χ0n) is 16.2. The topological polar surface area (TPSA) is 83.2 Å². The second-order valence-electron chi connectivity index (χ2n) is 6.97. The monoisotopic (exact) mass is 425 g/mol. The highest BCUT2D eigenvalue weighted by molar-refractivity contribution is 8.22. The largest absolute Gasteiger partial charge is 0.368 e. The molecule has 150 valence electrons. The molecule has 1 aromatic heterocycles. The number of thiocarbonyl (C=S) groups is 1. The molecule has 0 bridgehead atoms. The van der Waals surface area contributed by atoms with Crippen molar-refractivity contribution in [1.82, 2.24) is 24.8 Å². The zero-order chi connectivity index (χ0) is 20.2. The molecule has 1 aliphatic heterocycles. The van der Waals surface area contributed by atoms with Crippen LogP contribution in [0.3, 0.4) is 0 Å². The molecule has 0 atom stereocenters. The number of anilines is 3. The van der Waals surface area contributed by atoms with Gasteiger partial charge in [-0.2, -0.15) is 15.0 Å². The van der Waals surface area contributed by atoms with Crippen molar-refractivity contribution >= 4 is 56.7 Å². The van der Waals surface area contributed by atoms with Crippen molar-refractivity contribution in [3.05, 3.63) is 48.3 Å². The minimum atomic E-state index is 0.199. The fourth-order valence-electron chi connectivity index (χ4n) is 3.16. The van der Waals surface area contributed by atoms with Crippen LogP contribution in [0.5, 0.6) is 0 Å². The van der Waals surface area contributed by atoms with Gasteiger partial charge in [-0.1, -0.05) is 54.3 Å². The van der Waals surface area contributed by atoms with Crippen molar-refractivity contribution in [3.8, 4) is 0 Å². The number of aromatic nitrogens is 3. The Hall–Kier alpha value is -2.49. The van der Waals surface area contributed by atoms with Crippen LogP contribution in [-0.4, -0.2) is 62.3 Å². The number of hydrogen-bond acceptors (Lipinski definition) is 8. The molecule has 9 heteroatoms. The van der Waals surface area contributed by atoms with Gasteiger partial charge in [0.1, 0.15) is 10.1 Å². The van der Waals surface area contributed by atoms with Gasteiger partial charge in [0.15, 0.2) is 0 Å². The Kier molecular flexibility index (Phi) is 6.08. The van der Waals surface area contributed by atoms with Gasteiger partial charge in [-0.05, 0) is 30.0 Å². The van der Waals surface area contributed by atoms with Crippen molar-refractivity contribution in [2.24, 2.45) is 0 Å². The van der Waals surface area contributed by atoms with Crippen molar-refractivity contribution in [2.75, 3.05) is 44.3 Å². The number of nitrogen functional groups attached to an aromatic ring is 1. The van der Waals surface area contributed by atoms with Crippen LogP contribution >= 0.6 is 24.0 Å². The van der Waals surface area contributed by atoms with Gasteiger partial charge < -0.3 is 20.9 Å². The molecule has 0 unspecified atom stereocenters. The number of rotatable bonds is 4. The number of nitrogens with zero attached hydrogens (tertiary/aromatic N) is 5. The Morgan fingerprint density at radius 1 is 1.07 bits per heavy atom. The minimum Gasteiger partial charge on any atom is -0.368 e. The summed E-state index contributed by atoms with van der Waals surface area (Å²) in [6, 6.07) is 14.3. The molecule has 1 fully saturated rings. The molecule has 0 spiro atoms. The number of fused-ring (bicyclic) bond motifs is 1. The summed E-state index contributed by atoms with van der Waals surface area (Å²) in [6.07, 6.45) is 0. The number of likely N-dealkylation sites (N-methyl/N-ethyl adjacent to an activating group) is 1. The van der Waals surface area contributed by atoms with Crippen molar-refractivity contribution < 1.29 is 0 Å². The van der Waals surface area contributed by atoms with Gasteiger partial charge in [0.25, 0.3) is 0 Å². The van der Waals surface area contributed by atoms with E-state index in [1.807, 2.05) is 18.2 Å². The molecule has 2 heterocycles. The predicted molar refractivity (Wildman–Crippen MR) is 124 cm³/mol. The van der Waals surface area contributed by atoms with E-state index in [1.54, 1.807) is 11.8 Å². The van der Waals surface area contributed by atoms with Crippen molar-refractivity contribution in [1.29, 1.82) is 0 Å². The molecule has 7 nitrogen and oxygen atoms in total. The van der Waals surface area contributed by atoms with Crippen LogP contribution in [0.4, 0.5) is 17.6 Å². The Bertz CT molecular complexity index is 1020. The molecule has 1 aliphatic rings. The standard InChI is InChI=1S/C20H23N7S2/c1-26-8-10-27(11-9-26)20(28)29-13-17-23-18(21)25-19(24-17)22-16-7-6-14-4-2-3-5-15(14)12-16/h2-7,12H,8-11,13H2,1H3,(H3,21,22,23,24,25). The Morgan fingerprint density at radius 2 is 1.83 bits per heavy atom. The van der Waals surface area contributed by atoms with Gasteiger partial charge in [-0.15, -0.1) is 0 Å². The normalized spacial score (nSPS) is 14.9. The molecule has 0 aliphatic carbocycles. The molecule has 0 amide bonds. The van der Waals surface area contributed by atoms with Crippen LogP contribution in [0.25, 0.3) is 10.8 Å². The van der Waals surface area contributed by atoms with Crippen LogP contribution in [0.2, 0.25) is 0 Å². The van der Waals surface area contributed by atoms with E-state index in [-0.39, 0.29) is 5.95 Å². The molecule has 4 rings (SSSR count). The lowest BCUT2D eigenvalue weighted by molar-refractivity contribution is 0.220. The van der Waals surface area contributed by atoms with Gasteiger partial charge in [0, 0.05) is 31.9 Å². The SMILES string of the molecule is CN1CCN(C(=S)SCc2nc(N)nc(Nc3ccc4ccccc4c3)n2)CC1. The van der Waals surface area contributed by atoms with Gasteiger partial charge >= 0.3 is 0 Å². The second kappa shape index (κ2) is 8.89. The number of hydrogen-bond donors (Lipinski definition) is 2. The molecule has 3 aromatic rings. The second-order valence-corrected chi connectivity index (χ2v) is 8.57. The van der Waals surface area contributed by atoms with Gasteiger partial charge in [-0.3, -0.25) is 0 Å². The Labute approximate surface area is 179 Å². The first-order valence-electron chi connectivity index (χ1n) is 9.43. The molecule has 0 radical (unpaired) electrons. The molecule has 1 saturated heterocycles. The van der Waals surface area contributed by atoms with Crippen LogP contribution < -0.4 is 11.1 Å². The first-order chi connectivity index (χ1) is 14.1. The maximum Gasteiger partial charge on any atom is 0.232 e. The predicted octanol–water partition coefficient (Wildman–Crippen LogP) is 3.12. The van der Waals surface area contributed by atoms with Gasteiger partial charge in [-0.25, -0.2) is 0 Å². The lowest BCUT2D eigenvalue weighted by Gasteiger charge is -2.33. The maximum atomic E-state index is 5.91. The summed E-state index contributed by atoms with van der Waals surface area (Å²) >= 11 is 7.15. The zero-order valence-corrected chi connectivity index (χ0v) is 17.8. The fraction of sp³-hybridized carbons (Fsp3) is 0.300. The van der Waals surface area contributed by atoms with E-state index in [1.165, 1.54) is 5.39 Å². The van der Waals surface area contributed by atoms with E-state index in [9.17, 15) is 0 Å². The average molecular weight is 426 g/mol. The summed E-state index contributed by atoms with van der Waals surface area (Å²) in [6.45, 7) is 3.96. The quantitative estimate of drug-likeness (QED) is 0.613. The summed E-state index contributed by atoms with van der Waals surface area (Å²) in [5, 5.41) is 5.56. The number of nitrogens with one attached hydrogen (secondary N) is 1. The smallest absolute Gasteiger partial charge is 0.232 e. The highest BCUT2D eigenvalue weighted by Gasteiger charge is 2.17. The van der Waals surface area contributed by atoms with Crippen LogP contribution in [0, 0.1) is 0 Å². The number of benzene rings is 2. The molecule has 2 aromatic carbocycles. The van der Waals surface area contributed by atoms with E-state index >= 15 is 0 Å². The highest BCUT2D eigenvalue weighted by Crippen LogP contribution is 2.22. The number of thioether (sulfide) groups is 1. The first kappa shape index (κ1) is 19.8. The highest BCUT2D eigenvalue weighted by atomic mass is 32.2. The van der Waals surface area contributed by atoms with Crippen molar-refractivity contribution in [2.45, 2.75) is 5.75 Å². The summed E-state index contributed by atoms with van der Waals surface area (Å²) < 4.78 is 0.876. The maximum absolute atomic E-state index is 5.91. The first-order valence-corrected chi connectivity index (χ1v) is 10.8. The average Bonchev–Trinajstić information content (AvgIpc) is 2.72. The summed E-state index contributed by atoms with van der Waals surface area (Å²) in [7, 11) is 2.13. The van der Waals surface area contributed by atoms with Crippen LogP contribution in [0.1, 0.15) is 5.82 Å². The minimum absolute atomic E-state index is 0.199. The van der Waals surface area contributed by atoms with Crippen LogP contribution in [0.15, 0.2) is 42.5 Å². The molecular weight excluding hydrogens is 402 g/mol. The third-order valence-corrected chi connectivity index (χ3v) is 6.31. The summed E-state index contributed by atoms with van der Waals surface area (Å²) in [5.41, 5.74) is 6.81. The Morgan fingerprint density at radius 3 is 2.62 bits per heavy atom. The molecule has 3 N–H and O–H groups in total. The van der Waals surface area contributed by atoms with Gasteiger partial charge in [0.05, 0.1) is 5.75 Å². The molecule has 29 heavy (non-hydrogen) atoms. The van der Waals surface area contributed by atoms with Crippen molar-refractivity contribution in [3.63, 3.8) is 0 Å². The fourth-order valence-corrected chi connectivity index (χ4v) is 4.27. The van der Waals surface area contributed by atoms with Crippen LogP contribution in [-0.2, 0) is 5.75 Å². The number of piperazine rings is 1. The summed E-state index contributed by atoms with van der Waals surface area (Å²) in [5.74, 6) is 1.81. The van der Waals surface area contributed by atoms with E-state index in [2.05, 4.69) is 61.4 Å².